The number of amides is 1. The first-order chi connectivity index (χ1) is 13.0. The van der Waals surface area contributed by atoms with Crippen LogP contribution in [0.15, 0.2) is 30.3 Å². The molecule has 27 heavy (non-hydrogen) atoms. The van der Waals surface area contributed by atoms with Crippen molar-refractivity contribution in [3.63, 3.8) is 0 Å². The fourth-order valence-electron chi connectivity index (χ4n) is 2.90. The van der Waals surface area contributed by atoms with E-state index in [1.807, 2.05) is 12.1 Å². The molecule has 2 rings (SSSR count). The Balaban J connectivity index is 2.42. The molecular weight excluding hydrogens is 346 g/mol. The van der Waals surface area contributed by atoms with Crippen molar-refractivity contribution in [1.82, 2.24) is 0 Å². The molecule has 0 fully saturated rings. The molecule has 0 bridgehead atoms. The van der Waals surface area contributed by atoms with E-state index >= 15 is 0 Å². The number of ether oxygens (including phenoxy) is 3. The number of methoxy groups -OCH3 is 3. The number of nitrogens with zero attached hydrogens (tertiary/aromatic N) is 1. The zero-order valence-corrected chi connectivity index (χ0v) is 16.5. The molecule has 0 aliphatic rings. The van der Waals surface area contributed by atoms with Crippen molar-refractivity contribution in [2.24, 2.45) is 0 Å². The van der Waals surface area contributed by atoms with E-state index in [9.17, 15) is 4.79 Å². The monoisotopic (exact) mass is 373 g/mol. The highest BCUT2D eigenvalue weighted by Crippen LogP contribution is 2.38. The van der Waals surface area contributed by atoms with Crippen LogP contribution >= 0.6 is 0 Å². The van der Waals surface area contributed by atoms with Crippen molar-refractivity contribution in [3.05, 3.63) is 35.9 Å². The van der Waals surface area contributed by atoms with E-state index in [4.69, 9.17) is 19.9 Å². The summed E-state index contributed by atoms with van der Waals surface area (Å²) in [5, 5.41) is 2.94. The number of benzene rings is 2. The largest absolute Gasteiger partial charge is 0.493 e. The molecule has 0 atom stereocenters. The van der Waals surface area contributed by atoms with Gasteiger partial charge in [0, 0.05) is 24.3 Å². The maximum atomic E-state index is 12.9. The number of anilines is 3. The number of carbonyl (C=O) groups is 1. The molecule has 0 unspecified atom stereocenters. The van der Waals surface area contributed by atoms with Crippen LogP contribution in [0, 0.1) is 0 Å². The van der Waals surface area contributed by atoms with Gasteiger partial charge in [0.1, 0.15) is 0 Å². The molecule has 7 heteroatoms. The van der Waals surface area contributed by atoms with Crippen molar-refractivity contribution in [1.29, 1.82) is 0 Å². The number of rotatable bonds is 8. The topological polar surface area (TPSA) is 86.1 Å². The average Bonchev–Trinajstić information content (AvgIpc) is 2.68. The molecule has 7 nitrogen and oxygen atoms in total. The fraction of sp³-hybridized carbons (Fsp3) is 0.350. The Morgan fingerprint density at radius 3 is 2.07 bits per heavy atom. The average molecular weight is 373 g/mol. The third-order valence-corrected chi connectivity index (χ3v) is 4.30. The summed E-state index contributed by atoms with van der Waals surface area (Å²) in [4.78, 5) is 15.0. The van der Waals surface area contributed by atoms with Gasteiger partial charge in [-0.3, -0.25) is 4.79 Å². The van der Waals surface area contributed by atoms with Crippen LogP contribution in [-0.2, 0) is 0 Å². The first-order valence-corrected chi connectivity index (χ1v) is 8.74. The summed E-state index contributed by atoms with van der Waals surface area (Å²) < 4.78 is 15.9. The van der Waals surface area contributed by atoms with Gasteiger partial charge < -0.3 is 30.2 Å². The van der Waals surface area contributed by atoms with E-state index in [0.29, 0.717) is 34.2 Å². The van der Waals surface area contributed by atoms with Crippen molar-refractivity contribution in [2.45, 2.75) is 13.8 Å². The number of hydrogen-bond donors (Lipinski definition) is 2. The van der Waals surface area contributed by atoms with Gasteiger partial charge in [-0.2, -0.15) is 0 Å². The third kappa shape index (κ3) is 4.36. The van der Waals surface area contributed by atoms with E-state index in [2.05, 4.69) is 24.1 Å². The maximum absolute atomic E-state index is 12.9. The summed E-state index contributed by atoms with van der Waals surface area (Å²) in [5.41, 5.74) is 8.45. The quantitative estimate of drug-likeness (QED) is 0.690. The molecule has 3 N–H and O–H groups in total. The first kappa shape index (κ1) is 20.2. The number of nitrogens with two attached hydrogens (primary N) is 1. The van der Waals surface area contributed by atoms with Crippen molar-refractivity contribution < 1.29 is 19.0 Å². The minimum absolute atomic E-state index is 0.298. The van der Waals surface area contributed by atoms with Gasteiger partial charge in [0.25, 0.3) is 5.91 Å². The van der Waals surface area contributed by atoms with Crippen LogP contribution in [0.1, 0.15) is 24.2 Å². The predicted octanol–water partition coefficient (Wildman–Crippen LogP) is 3.39. The summed E-state index contributed by atoms with van der Waals surface area (Å²) >= 11 is 0. The molecule has 0 aliphatic carbocycles. The summed E-state index contributed by atoms with van der Waals surface area (Å²) in [5.74, 6) is 0.967. The van der Waals surface area contributed by atoms with Crippen LogP contribution in [0.5, 0.6) is 17.2 Å². The van der Waals surface area contributed by atoms with Crippen molar-refractivity contribution >= 4 is 23.0 Å². The summed E-state index contributed by atoms with van der Waals surface area (Å²) in [6, 6.07) is 8.71. The van der Waals surface area contributed by atoms with E-state index in [1.54, 1.807) is 18.2 Å². The lowest BCUT2D eigenvalue weighted by atomic mass is 10.1. The van der Waals surface area contributed by atoms with Gasteiger partial charge >= 0.3 is 0 Å². The molecule has 2 aromatic rings. The molecule has 0 saturated heterocycles. The lowest BCUT2D eigenvalue weighted by Crippen LogP contribution is -2.24. The minimum Gasteiger partial charge on any atom is -0.493 e. The van der Waals surface area contributed by atoms with Gasteiger partial charge in [-0.15, -0.1) is 0 Å². The van der Waals surface area contributed by atoms with Gasteiger partial charge in [0.2, 0.25) is 5.75 Å². The SMILES string of the molecule is CCN(CC)c1ccc(N)cc1NC(=O)c1cc(OC)c(OC)c(OC)c1. The van der Waals surface area contributed by atoms with Crippen LogP contribution in [0.4, 0.5) is 17.1 Å². The second kappa shape index (κ2) is 9.02. The van der Waals surface area contributed by atoms with Crippen molar-refractivity contribution in [2.75, 3.05) is 50.4 Å². The Morgan fingerprint density at radius 2 is 1.59 bits per heavy atom. The highest BCUT2D eigenvalue weighted by Gasteiger charge is 2.18. The van der Waals surface area contributed by atoms with Crippen molar-refractivity contribution in [3.8, 4) is 17.2 Å². The maximum Gasteiger partial charge on any atom is 0.255 e. The molecule has 0 spiro atoms. The Hall–Kier alpha value is -3.09. The number of hydrogen-bond acceptors (Lipinski definition) is 6. The zero-order chi connectivity index (χ0) is 20.0. The lowest BCUT2D eigenvalue weighted by Gasteiger charge is -2.24. The van der Waals surface area contributed by atoms with Gasteiger partial charge in [-0.1, -0.05) is 0 Å². The highest BCUT2D eigenvalue weighted by atomic mass is 16.5. The Kier molecular flexibility index (Phi) is 6.76. The molecule has 2 aromatic carbocycles. The van der Waals surface area contributed by atoms with Crippen LogP contribution in [-0.4, -0.2) is 40.3 Å². The third-order valence-electron chi connectivity index (χ3n) is 4.30. The molecule has 146 valence electrons. The number of nitrogens with one attached hydrogen (secondary N) is 1. The Bertz CT molecular complexity index is 779. The molecule has 0 aromatic heterocycles. The summed E-state index contributed by atoms with van der Waals surface area (Å²) in [7, 11) is 4.54. The fourth-order valence-corrected chi connectivity index (χ4v) is 2.90. The second-order valence-corrected chi connectivity index (χ2v) is 5.82. The smallest absolute Gasteiger partial charge is 0.255 e. The van der Waals surface area contributed by atoms with E-state index in [1.165, 1.54) is 21.3 Å². The van der Waals surface area contributed by atoms with Gasteiger partial charge in [-0.05, 0) is 44.2 Å². The van der Waals surface area contributed by atoms with Gasteiger partial charge in [0.15, 0.2) is 11.5 Å². The minimum atomic E-state index is -0.298. The predicted molar refractivity (Wildman–Crippen MR) is 108 cm³/mol. The molecular formula is C20H27N3O4. The second-order valence-electron chi connectivity index (χ2n) is 5.82. The molecule has 0 heterocycles. The zero-order valence-electron chi connectivity index (χ0n) is 16.5. The van der Waals surface area contributed by atoms with Crippen LogP contribution in [0.3, 0.4) is 0 Å². The van der Waals surface area contributed by atoms with Gasteiger partial charge in [-0.25, -0.2) is 0 Å². The number of nitrogen functional groups attached to an aromatic ring is 1. The molecule has 0 radical (unpaired) electrons. The Labute approximate surface area is 160 Å². The molecule has 0 saturated carbocycles. The lowest BCUT2D eigenvalue weighted by molar-refractivity contribution is 0.102. The molecule has 1 amide bonds. The molecule has 0 aliphatic heterocycles. The normalized spacial score (nSPS) is 10.3. The van der Waals surface area contributed by atoms with Gasteiger partial charge in [0.05, 0.1) is 32.7 Å². The van der Waals surface area contributed by atoms with E-state index in [0.717, 1.165) is 18.8 Å². The Morgan fingerprint density at radius 1 is 1.00 bits per heavy atom. The standard InChI is InChI=1S/C20H27N3O4/c1-6-23(7-2)16-9-8-14(21)12-15(16)22-20(24)13-10-17(25-3)19(27-5)18(11-13)26-4/h8-12H,6-7,21H2,1-5H3,(H,22,24). The number of carbonyl (C=O) groups excluding carboxylic acids is 1. The van der Waals surface area contributed by atoms with E-state index < -0.39 is 0 Å². The summed E-state index contributed by atoms with van der Waals surface area (Å²) in [6.45, 7) is 5.75. The van der Waals surface area contributed by atoms with Crippen LogP contribution in [0.25, 0.3) is 0 Å². The first-order valence-electron chi connectivity index (χ1n) is 8.74. The van der Waals surface area contributed by atoms with Crippen LogP contribution < -0.4 is 30.2 Å². The highest BCUT2D eigenvalue weighted by molar-refractivity contribution is 6.07. The van der Waals surface area contributed by atoms with E-state index in [-0.39, 0.29) is 5.91 Å². The van der Waals surface area contributed by atoms with Crippen LogP contribution in [0.2, 0.25) is 0 Å². The summed E-state index contributed by atoms with van der Waals surface area (Å²) in [6.07, 6.45) is 0.